The van der Waals surface area contributed by atoms with E-state index in [0.717, 1.165) is 11.0 Å². The fraction of sp³-hybridized carbons (Fsp3) is 0.0769. The molecule has 2 aromatic heterocycles. The monoisotopic (exact) mass is 284 g/mol. The molecule has 3 rings (SSSR count). The van der Waals surface area contributed by atoms with Crippen molar-refractivity contribution in [2.75, 3.05) is 5.73 Å². The lowest BCUT2D eigenvalue weighted by atomic mass is 10.3. The average Bonchev–Trinajstić information content (AvgIpc) is 2.80. The molecule has 0 saturated heterocycles. The summed E-state index contributed by atoms with van der Waals surface area (Å²) in [4.78, 5) is 12.4. The number of halogens is 1. The number of nitriles is 1. The van der Waals surface area contributed by atoms with E-state index in [9.17, 15) is 0 Å². The molecule has 1 aromatic carbocycles. The van der Waals surface area contributed by atoms with Crippen LogP contribution >= 0.6 is 11.6 Å². The lowest BCUT2D eigenvalue weighted by Gasteiger charge is -2.09. The van der Waals surface area contributed by atoms with Gasteiger partial charge in [-0.05, 0) is 12.1 Å². The number of nitrogens with zero attached hydrogens (tertiary/aromatic N) is 5. The number of hydrogen-bond donors (Lipinski definition) is 1. The average molecular weight is 285 g/mol. The van der Waals surface area contributed by atoms with Crippen LogP contribution in [0.3, 0.4) is 0 Å². The Morgan fingerprint density at radius 3 is 2.90 bits per heavy atom. The van der Waals surface area contributed by atoms with Crippen molar-refractivity contribution in [1.82, 2.24) is 19.5 Å². The number of nitrogens with two attached hydrogens (primary N) is 1. The molecular weight excluding hydrogens is 276 g/mol. The van der Waals surface area contributed by atoms with Gasteiger partial charge in [0.25, 0.3) is 0 Å². The molecular formula is C13H9ClN6. The van der Waals surface area contributed by atoms with Crippen LogP contribution < -0.4 is 5.73 Å². The fourth-order valence-electron chi connectivity index (χ4n) is 2.05. The van der Waals surface area contributed by atoms with Crippen LogP contribution in [0.25, 0.3) is 16.9 Å². The minimum absolute atomic E-state index is 0.149. The van der Waals surface area contributed by atoms with Crippen molar-refractivity contribution in [3.05, 3.63) is 41.6 Å². The SMILES string of the molecule is N#CCc1nc2ccccc2n1-c1ncnc(Cl)c1N. The molecule has 0 spiro atoms. The third-order valence-electron chi connectivity index (χ3n) is 2.89. The van der Waals surface area contributed by atoms with Crippen LogP contribution in [0.4, 0.5) is 5.69 Å². The van der Waals surface area contributed by atoms with Gasteiger partial charge in [0.1, 0.15) is 17.8 Å². The molecule has 0 bridgehead atoms. The molecule has 2 N–H and O–H groups in total. The first-order valence-corrected chi connectivity index (χ1v) is 6.20. The van der Waals surface area contributed by atoms with Gasteiger partial charge in [-0.2, -0.15) is 5.26 Å². The Morgan fingerprint density at radius 1 is 1.30 bits per heavy atom. The maximum Gasteiger partial charge on any atom is 0.166 e. The first kappa shape index (κ1) is 12.4. The van der Waals surface area contributed by atoms with E-state index in [4.69, 9.17) is 22.6 Å². The highest BCUT2D eigenvalue weighted by molar-refractivity contribution is 6.32. The maximum atomic E-state index is 8.95. The molecule has 0 fully saturated rings. The van der Waals surface area contributed by atoms with Crippen molar-refractivity contribution >= 4 is 28.3 Å². The van der Waals surface area contributed by atoms with Crippen molar-refractivity contribution < 1.29 is 0 Å². The van der Waals surface area contributed by atoms with E-state index in [0.29, 0.717) is 11.6 Å². The van der Waals surface area contributed by atoms with Crippen LogP contribution in [0.1, 0.15) is 5.82 Å². The zero-order chi connectivity index (χ0) is 14.1. The smallest absolute Gasteiger partial charge is 0.166 e. The molecule has 0 aliphatic carbocycles. The molecule has 98 valence electrons. The number of anilines is 1. The molecule has 0 atom stereocenters. The van der Waals surface area contributed by atoms with Crippen molar-refractivity contribution in [2.45, 2.75) is 6.42 Å². The minimum Gasteiger partial charge on any atom is -0.393 e. The molecule has 7 heteroatoms. The summed E-state index contributed by atoms with van der Waals surface area (Å²) in [6.45, 7) is 0. The van der Waals surface area contributed by atoms with E-state index in [1.807, 2.05) is 24.3 Å². The van der Waals surface area contributed by atoms with Gasteiger partial charge in [0.15, 0.2) is 11.0 Å². The molecule has 3 aromatic rings. The van der Waals surface area contributed by atoms with Gasteiger partial charge in [-0.3, -0.25) is 4.57 Å². The van der Waals surface area contributed by atoms with Gasteiger partial charge in [-0.25, -0.2) is 15.0 Å². The first-order valence-electron chi connectivity index (χ1n) is 5.82. The van der Waals surface area contributed by atoms with Crippen molar-refractivity contribution in [1.29, 1.82) is 5.26 Å². The molecule has 6 nitrogen and oxygen atoms in total. The van der Waals surface area contributed by atoms with Gasteiger partial charge < -0.3 is 5.73 Å². The van der Waals surface area contributed by atoms with Gasteiger partial charge in [0.2, 0.25) is 0 Å². The summed E-state index contributed by atoms with van der Waals surface area (Å²) in [5, 5.41) is 9.12. The number of nitrogen functional groups attached to an aromatic ring is 1. The number of rotatable bonds is 2. The highest BCUT2D eigenvalue weighted by Crippen LogP contribution is 2.27. The Hall–Kier alpha value is -2.65. The Kier molecular flexibility index (Phi) is 2.97. The zero-order valence-electron chi connectivity index (χ0n) is 10.3. The van der Waals surface area contributed by atoms with E-state index in [1.54, 1.807) is 4.57 Å². The number of hydrogen-bond acceptors (Lipinski definition) is 5. The highest BCUT2D eigenvalue weighted by atomic mass is 35.5. The second-order valence-electron chi connectivity index (χ2n) is 4.09. The number of benzene rings is 1. The molecule has 0 unspecified atom stereocenters. The lowest BCUT2D eigenvalue weighted by molar-refractivity contribution is 0.915. The van der Waals surface area contributed by atoms with Crippen LogP contribution in [0, 0.1) is 11.3 Å². The van der Waals surface area contributed by atoms with Gasteiger partial charge in [0, 0.05) is 0 Å². The molecule has 0 aliphatic heterocycles. The predicted octanol–water partition coefficient (Wildman–Crippen LogP) is 2.12. The Balaban J connectivity index is 2.37. The summed E-state index contributed by atoms with van der Waals surface area (Å²) in [6.07, 6.45) is 1.48. The molecule has 0 amide bonds. The predicted molar refractivity (Wildman–Crippen MR) is 75.4 cm³/mol. The third-order valence-corrected chi connectivity index (χ3v) is 3.19. The maximum absolute atomic E-state index is 8.95. The standard InChI is InChI=1S/C13H9ClN6/c14-12-11(16)13(18-7-17-12)20-9-4-2-1-3-8(9)19-10(20)5-6-15/h1-4,7H,5,16H2. The molecule has 0 radical (unpaired) electrons. The van der Waals surface area contributed by atoms with Crippen LogP contribution in [0.5, 0.6) is 0 Å². The lowest BCUT2D eigenvalue weighted by Crippen LogP contribution is -2.07. The fourth-order valence-corrected chi connectivity index (χ4v) is 2.17. The third kappa shape index (κ3) is 1.85. The minimum atomic E-state index is 0.149. The van der Waals surface area contributed by atoms with Crippen molar-refractivity contribution in [3.63, 3.8) is 0 Å². The number of fused-ring (bicyclic) bond motifs is 1. The second kappa shape index (κ2) is 4.79. The van der Waals surface area contributed by atoms with Crippen LogP contribution in [0.2, 0.25) is 5.15 Å². The summed E-state index contributed by atoms with van der Waals surface area (Å²) in [6, 6.07) is 9.61. The number of imidazole rings is 1. The van der Waals surface area contributed by atoms with Crippen molar-refractivity contribution in [2.24, 2.45) is 0 Å². The molecule has 0 aliphatic rings. The largest absolute Gasteiger partial charge is 0.393 e. The van der Waals surface area contributed by atoms with Gasteiger partial charge in [-0.1, -0.05) is 23.7 Å². The normalized spacial score (nSPS) is 10.6. The Morgan fingerprint density at radius 2 is 2.10 bits per heavy atom. The summed E-state index contributed by atoms with van der Waals surface area (Å²) in [5.41, 5.74) is 7.79. The first-order chi connectivity index (χ1) is 9.72. The molecule has 0 saturated carbocycles. The van der Waals surface area contributed by atoms with Crippen molar-refractivity contribution in [3.8, 4) is 11.9 Å². The van der Waals surface area contributed by atoms with Gasteiger partial charge >= 0.3 is 0 Å². The van der Waals surface area contributed by atoms with E-state index < -0.39 is 0 Å². The second-order valence-corrected chi connectivity index (χ2v) is 4.45. The molecule has 20 heavy (non-hydrogen) atoms. The quantitative estimate of drug-likeness (QED) is 0.728. The summed E-state index contributed by atoms with van der Waals surface area (Å²) in [5.74, 6) is 0.999. The highest BCUT2D eigenvalue weighted by Gasteiger charge is 2.16. The van der Waals surface area contributed by atoms with Gasteiger partial charge in [-0.15, -0.1) is 0 Å². The van der Waals surface area contributed by atoms with Crippen LogP contribution in [0.15, 0.2) is 30.6 Å². The summed E-state index contributed by atoms with van der Waals surface area (Å²) >= 11 is 5.94. The summed E-state index contributed by atoms with van der Waals surface area (Å²) < 4.78 is 1.74. The van der Waals surface area contributed by atoms with Crippen LogP contribution in [-0.2, 0) is 6.42 Å². The Labute approximate surface area is 119 Å². The number of para-hydroxylation sites is 2. The summed E-state index contributed by atoms with van der Waals surface area (Å²) in [7, 11) is 0. The van der Waals surface area contributed by atoms with Crippen LogP contribution in [-0.4, -0.2) is 19.5 Å². The number of aromatic nitrogens is 4. The van der Waals surface area contributed by atoms with E-state index in [1.165, 1.54) is 6.33 Å². The zero-order valence-corrected chi connectivity index (χ0v) is 11.0. The molecule has 2 heterocycles. The van der Waals surface area contributed by atoms with E-state index in [2.05, 4.69) is 21.0 Å². The van der Waals surface area contributed by atoms with Gasteiger partial charge in [0.05, 0.1) is 23.5 Å². The van der Waals surface area contributed by atoms with E-state index >= 15 is 0 Å². The topological polar surface area (TPSA) is 93.4 Å². The van der Waals surface area contributed by atoms with E-state index in [-0.39, 0.29) is 17.3 Å². The Bertz CT molecular complexity index is 832.